The molecule has 14 N–H and O–H groups in total. The number of rotatable bonds is 17. The highest BCUT2D eigenvalue weighted by Crippen LogP contribution is 2.08. The summed E-state index contributed by atoms with van der Waals surface area (Å²) in [6.45, 7) is 7.23. The molecule has 37 heavy (non-hydrogen) atoms. The zero-order valence-corrected chi connectivity index (χ0v) is 22.1. The highest BCUT2D eigenvalue weighted by molar-refractivity contribution is 5.94. The van der Waals surface area contributed by atoms with E-state index in [4.69, 9.17) is 28.7 Å². The number of carboxylic acid groups (broad SMARTS) is 1. The fraction of sp³-hybridized carbons (Fsp3) is 0.727. The van der Waals surface area contributed by atoms with Crippen molar-refractivity contribution in [3.8, 4) is 0 Å². The highest BCUT2D eigenvalue weighted by atomic mass is 16.4. The Hall–Kier alpha value is -3.62. The van der Waals surface area contributed by atoms with Crippen molar-refractivity contribution < 1.29 is 24.3 Å². The lowest BCUT2D eigenvalue weighted by Gasteiger charge is -2.26. The maximum absolute atomic E-state index is 13.2. The largest absolute Gasteiger partial charge is 0.480 e. The summed E-state index contributed by atoms with van der Waals surface area (Å²) >= 11 is 0. The van der Waals surface area contributed by atoms with Gasteiger partial charge in [-0.2, -0.15) is 0 Å². The molecule has 212 valence electrons. The number of carbonyl (C=O) groups excluding carboxylic acids is 3. The molecule has 0 saturated heterocycles. The molecule has 0 bridgehead atoms. The smallest absolute Gasteiger partial charge is 0.326 e. The van der Waals surface area contributed by atoms with Crippen molar-refractivity contribution in [2.24, 2.45) is 50.5 Å². The molecule has 15 nitrogen and oxygen atoms in total. The zero-order valence-electron chi connectivity index (χ0n) is 22.1. The van der Waals surface area contributed by atoms with Gasteiger partial charge in [-0.05, 0) is 37.5 Å². The van der Waals surface area contributed by atoms with E-state index in [1.807, 2.05) is 0 Å². The third-order valence-electron chi connectivity index (χ3n) is 5.41. The van der Waals surface area contributed by atoms with E-state index in [1.54, 1.807) is 27.7 Å². The van der Waals surface area contributed by atoms with Gasteiger partial charge >= 0.3 is 5.97 Å². The van der Waals surface area contributed by atoms with Gasteiger partial charge in [0.05, 0.1) is 6.04 Å². The van der Waals surface area contributed by atoms with Crippen molar-refractivity contribution in [1.82, 2.24) is 16.0 Å². The van der Waals surface area contributed by atoms with E-state index >= 15 is 0 Å². The number of aliphatic carboxylic acids is 1. The van der Waals surface area contributed by atoms with Crippen LogP contribution in [0, 0.1) is 11.8 Å². The van der Waals surface area contributed by atoms with Crippen LogP contribution >= 0.6 is 0 Å². The van der Waals surface area contributed by atoms with Crippen molar-refractivity contribution in [2.75, 3.05) is 13.1 Å². The van der Waals surface area contributed by atoms with Crippen LogP contribution in [0.25, 0.3) is 0 Å². The van der Waals surface area contributed by atoms with E-state index in [2.05, 4.69) is 25.9 Å². The van der Waals surface area contributed by atoms with E-state index in [-0.39, 0.29) is 43.8 Å². The highest BCUT2D eigenvalue weighted by Gasteiger charge is 2.31. The molecule has 3 amide bonds. The van der Waals surface area contributed by atoms with Crippen molar-refractivity contribution in [1.29, 1.82) is 0 Å². The van der Waals surface area contributed by atoms with Crippen molar-refractivity contribution in [3.05, 3.63) is 0 Å². The summed E-state index contributed by atoms with van der Waals surface area (Å²) in [5.41, 5.74) is 27.2. The summed E-state index contributed by atoms with van der Waals surface area (Å²) in [5.74, 6) is -3.89. The fourth-order valence-corrected chi connectivity index (χ4v) is 3.16. The average molecular weight is 529 g/mol. The number of hydrogen-bond acceptors (Lipinski definition) is 7. The van der Waals surface area contributed by atoms with Crippen LogP contribution in [0.2, 0.25) is 0 Å². The molecule has 0 saturated carbocycles. The SMILES string of the molecule is CC(C)C(N)C(=O)NC(CCCN=C(N)N)C(=O)NC(CCCN=C(N)N)C(=O)NC(C(=O)O)C(C)C. The molecule has 0 heterocycles. The number of nitrogens with zero attached hydrogens (tertiary/aromatic N) is 2. The van der Waals surface area contributed by atoms with E-state index in [0.29, 0.717) is 12.8 Å². The van der Waals surface area contributed by atoms with Crippen LogP contribution < -0.4 is 44.6 Å². The molecule has 0 rings (SSSR count). The molecule has 0 spiro atoms. The molecular formula is C22H44N10O5. The zero-order chi connectivity index (χ0) is 28.7. The Morgan fingerprint density at radius 1 is 0.703 bits per heavy atom. The molecule has 4 unspecified atom stereocenters. The van der Waals surface area contributed by atoms with E-state index < -0.39 is 53.8 Å². The van der Waals surface area contributed by atoms with Gasteiger partial charge in [0.2, 0.25) is 17.7 Å². The van der Waals surface area contributed by atoms with Gasteiger partial charge in [0, 0.05) is 13.1 Å². The minimum absolute atomic E-state index is 0.109. The van der Waals surface area contributed by atoms with Crippen LogP contribution in [0.15, 0.2) is 9.98 Å². The van der Waals surface area contributed by atoms with Gasteiger partial charge in [-0.3, -0.25) is 24.4 Å². The summed E-state index contributed by atoms with van der Waals surface area (Å²) < 4.78 is 0. The van der Waals surface area contributed by atoms with E-state index in [1.165, 1.54) is 0 Å². The normalized spacial score (nSPS) is 14.1. The maximum atomic E-state index is 13.2. The first kappa shape index (κ1) is 33.4. The first-order chi connectivity index (χ1) is 17.2. The van der Waals surface area contributed by atoms with Crippen molar-refractivity contribution in [2.45, 2.75) is 77.5 Å². The predicted octanol–water partition coefficient (Wildman–Crippen LogP) is -2.73. The average Bonchev–Trinajstić information content (AvgIpc) is 2.79. The maximum Gasteiger partial charge on any atom is 0.326 e. The quantitative estimate of drug-likeness (QED) is 0.0533. The number of guanidine groups is 2. The van der Waals surface area contributed by atoms with Gasteiger partial charge < -0.3 is 49.7 Å². The van der Waals surface area contributed by atoms with Crippen LogP contribution in [-0.2, 0) is 19.2 Å². The molecule has 15 heteroatoms. The standard InChI is InChI=1S/C22H44N10O5/c1-11(2)15(23)19(35)31-13(7-5-9-28-21(24)25)17(33)30-14(8-6-10-29-22(26)27)18(34)32-16(12(3)4)20(36)37/h11-16H,5-10,23H2,1-4H3,(H,30,33)(H,31,35)(H,32,34)(H,36,37)(H4,24,25,28)(H4,26,27,29). The second kappa shape index (κ2) is 16.9. The Kier molecular flexibility index (Phi) is 15.3. The molecule has 0 fully saturated rings. The first-order valence-corrected chi connectivity index (χ1v) is 12.2. The Morgan fingerprint density at radius 2 is 1.11 bits per heavy atom. The summed E-state index contributed by atoms with van der Waals surface area (Å²) in [6.07, 6.45) is 0.933. The second-order valence-corrected chi connectivity index (χ2v) is 9.36. The summed E-state index contributed by atoms with van der Waals surface area (Å²) in [7, 11) is 0. The summed E-state index contributed by atoms with van der Waals surface area (Å²) in [4.78, 5) is 58.0. The predicted molar refractivity (Wildman–Crippen MR) is 141 cm³/mol. The third-order valence-corrected chi connectivity index (χ3v) is 5.41. The molecule has 0 aliphatic carbocycles. The number of carboxylic acids is 1. The van der Waals surface area contributed by atoms with Crippen LogP contribution in [0.4, 0.5) is 0 Å². The lowest BCUT2D eigenvalue weighted by atomic mass is 10.0. The van der Waals surface area contributed by atoms with Gasteiger partial charge in [-0.25, -0.2) is 4.79 Å². The molecule has 0 aromatic carbocycles. The van der Waals surface area contributed by atoms with Crippen molar-refractivity contribution >= 4 is 35.6 Å². The molecule has 0 aromatic rings. The van der Waals surface area contributed by atoms with Crippen LogP contribution in [-0.4, -0.2) is 78.0 Å². The van der Waals surface area contributed by atoms with Gasteiger partial charge in [0.15, 0.2) is 11.9 Å². The summed E-state index contributed by atoms with van der Waals surface area (Å²) in [5, 5.41) is 17.1. The lowest BCUT2D eigenvalue weighted by molar-refractivity contribution is -0.143. The number of carbonyl (C=O) groups is 4. The second-order valence-electron chi connectivity index (χ2n) is 9.36. The van der Waals surface area contributed by atoms with Crippen LogP contribution in [0.3, 0.4) is 0 Å². The van der Waals surface area contributed by atoms with Crippen LogP contribution in [0.1, 0.15) is 53.4 Å². The fourth-order valence-electron chi connectivity index (χ4n) is 3.16. The molecule has 0 radical (unpaired) electrons. The molecule has 0 aromatic heterocycles. The first-order valence-electron chi connectivity index (χ1n) is 12.2. The van der Waals surface area contributed by atoms with Gasteiger partial charge in [-0.1, -0.05) is 27.7 Å². The Morgan fingerprint density at radius 3 is 1.46 bits per heavy atom. The molecule has 0 aliphatic heterocycles. The number of nitrogens with two attached hydrogens (primary N) is 5. The minimum atomic E-state index is -1.21. The lowest BCUT2D eigenvalue weighted by Crippen LogP contribution is -2.58. The summed E-state index contributed by atoms with van der Waals surface area (Å²) in [6, 6.07) is -4.17. The van der Waals surface area contributed by atoms with E-state index in [0.717, 1.165) is 0 Å². The third kappa shape index (κ3) is 13.9. The van der Waals surface area contributed by atoms with Gasteiger partial charge in [-0.15, -0.1) is 0 Å². The molecule has 0 aliphatic rings. The van der Waals surface area contributed by atoms with E-state index in [9.17, 15) is 24.3 Å². The number of amides is 3. The monoisotopic (exact) mass is 528 g/mol. The Bertz CT molecular complexity index is 823. The van der Waals surface area contributed by atoms with Gasteiger partial charge in [0.25, 0.3) is 0 Å². The Balaban J connectivity index is 5.73. The topological polar surface area (TPSA) is 279 Å². The van der Waals surface area contributed by atoms with Crippen molar-refractivity contribution in [3.63, 3.8) is 0 Å². The number of hydrogen-bond donors (Lipinski definition) is 9. The van der Waals surface area contributed by atoms with Crippen LogP contribution in [0.5, 0.6) is 0 Å². The number of aliphatic imine (C=N–C) groups is 2. The number of nitrogens with one attached hydrogen (secondary N) is 3. The molecular weight excluding hydrogens is 484 g/mol. The molecule has 4 atom stereocenters. The Labute approximate surface area is 217 Å². The minimum Gasteiger partial charge on any atom is -0.480 e. The van der Waals surface area contributed by atoms with Gasteiger partial charge in [0.1, 0.15) is 18.1 Å².